The van der Waals surface area contributed by atoms with Gasteiger partial charge in [0.1, 0.15) is 40.2 Å². The minimum Gasteiger partial charge on any atom is -0.508 e. The van der Waals surface area contributed by atoms with Crippen molar-refractivity contribution in [2.45, 2.75) is 80.1 Å². The van der Waals surface area contributed by atoms with E-state index in [1.165, 1.54) is 0 Å². The lowest BCUT2D eigenvalue weighted by Crippen LogP contribution is -2.15. The van der Waals surface area contributed by atoms with Crippen molar-refractivity contribution in [3.8, 4) is 51.4 Å². The maximum Gasteiger partial charge on any atom is 0.341 e. The summed E-state index contributed by atoms with van der Waals surface area (Å²) >= 11 is 0. The number of carboxylic acids is 3. The highest BCUT2D eigenvalue weighted by Gasteiger charge is 2.29. The van der Waals surface area contributed by atoms with Gasteiger partial charge >= 0.3 is 17.9 Å². The summed E-state index contributed by atoms with van der Waals surface area (Å²) in [4.78, 5) is 36.4. The Balaban J connectivity index is 1.34. The summed E-state index contributed by atoms with van der Waals surface area (Å²) in [5, 5.41) is 73.1. The molecule has 0 radical (unpaired) electrons. The third-order valence-electron chi connectivity index (χ3n) is 14.5. The van der Waals surface area contributed by atoms with E-state index >= 15 is 0 Å². The number of ether oxygens (including phenoxy) is 3. The average Bonchev–Trinajstić information content (AvgIpc) is 3.52. The van der Waals surface area contributed by atoms with E-state index in [-0.39, 0.29) is 29.4 Å². The molecule has 8 rings (SSSR count). The van der Waals surface area contributed by atoms with Gasteiger partial charge in [-0.3, -0.25) is 0 Å². The van der Waals surface area contributed by atoms with Crippen molar-refractivity contribution in [2.75, 3.05) is 19.8 Å². The molecule has 79 heavy (non-hydrogen) atoms. The van der Waals surface area contributed by atoms with Crippen molar-refractivity contribution >= 4 is 17.9 Å². The highest BCUT2D eigenvalue weighted by atomic mass is 16.5. The van der Waals surface area contributed by atoms with Gasteiger partial charge in [-0.1, -0.05) is 84.9 Å². The molecule has 0 aliphatic carbocycles. The minimum absolute atomic E-state index is 0.112. The number of aliphatic carboxylic acids is 3. The van der Waals surface area contributed by atoms with Crippen LogP contribution in [0.4, 0.5) is 0 Å². The monoisotopic (exact) mass is 1060 g/mol. The van der Waals surface area contributed by atoms with E-state index in [4.69, 9.17) is 14.2 Å². The van der Waals surface area contributed by atoms with Gasteiger partial charge in [-0.2, -0.15) is 0 Å². The summed E-state index contributed by atoms with van der Waals surface area (Å²) in [5.41, 5.74) is 14.5. The van der Waals surface area contributed by atoms with Crippen LogP contribution in [-0.4, -0.2) is 73.5 Å². The number of carboxylic acid groups (broad SMARTS) is 3. The van der Waals surface area contributed by atoms with Gasteiger partial charge in [0, 0.05) is 34.9 Å². The van der Waals surface area contributed by atoms with Crippen LogP contribution in [0.2, 0.25) is 0 Å². The number of rotatable bonds is 20. The number of benzene rings is 8. The van der Waals surface area contributed by atoms with Crippen molar-refractivity contribution in [1.82, 2.24) is 0 Å². The van der Waals surface area contributed by atoms with Crippen LogP contribution in [0.1, 0.15) is 112 Å². The molecule has 8 aromatic carbocycles. The van der Waals surface area contributed by atoms with Crippen molar-refractivity contribution < 1.29 is 64.3 Å². The molecule has 0 heterocycles. The number of aryl methyl sites for hydroxylation is 8. The van der Waals surface area contributed by atoms with Crippen LogP contribution in [0.15, 0.2) is 127 Å². The highest BCUT2D eigenvalue weighted by molar-refractivity contribution is 5.76. The molecule has 0 aliphatic rings. The Morgan fingerprint density at radius 3 is 1.13 bits per heavy atom. The number of hydrogen-bond acceptors (Lipinski definition) is 10. The zero-order valence-corrected chi connectivity index (χ0v) is 45.4. The van der Waals surface area contributed by atoms with E-state index in [1.807, 2.05) is 133 Å². The highest BCUT2D eigenvalue weighted by Crippen LogP contribution is 2.46. The van der Waals surface area contributed by atoms with Crippen LogP contribution in [0.5, 0.6) is 40.2 Å². The molecule has 0 saturated heterocycles. The molecule has 0 amide bonds. The van der Waals surface area contributed by atoms with Crippen LogP contribution in [-0.2, 0) is 27.2 Å². The Kier molecular flexibility index (Phi) is 16.7. The number of carbonyl (C=O) groups is 3. The zero-order valence-electron chi connectivity index (χ0n) is 45.4. The second-order valence-electron chi connectivity index (χ2n) is 20.5. The molecule has 0 aliphatic heterocycles. The molecule has 8 aromatic rings. The lowest BCUT2D eigenvalue weighted by Gasteiger charge is -2.27. The fraction of sp³-hybridized carbons (Fsp3) is 0.227. The molecular weight excluding hydrogens is 1000 g/mol. The largest absolute Gasteiger partial charge is 0.508 e. The summed E-state index contributed by atoms with van der Waals surface area (Å²) in [6.07, 6.45) is 0.511. The molecule has 0 fully saturated rings. The SMILES string of the molecule is Cc1cc(C(c2cc(C)c(O)cc2C)c2cc(Cc3cc(Cc4ccc(OCC(=O)O)c(C(c5cc(C)c(O)cc5C)c5cc(C)c(O)cc5C)c4)c(OCC(=O)O)c(-c4ccccc4)c3)ccc2OCC(=O)O)c(C)cc1O. The normalized spacial score (nSPS) is 11.3. The fourth-order valence-corrected chi connectivity index (χ4v) is 10.5. The summed E-state index contributed by atoms with van der Waals surface area (Å²) in [6, 6.07) is 39.0. The smallest absolute Gasteiger partial charge is 0.341 e. The summed E-state index contributed by atoms with van der Waals surface area (Å²) in [5.74, 6) is -3.23. The maximum atomic E-state index is 12.3. The first kappa shape index (κ1) is 56.0. The Morgan fingerprint density at radius 1 is 0.380 bits per heavy atom. The van der Waals surface area contributed by atoms with Crippen molar-refractivity contribution in [3.63, 3.8) is 0 Å². The summed E-state index contributed by atoms with van der Waals surface area (Å²) in [6.45, 7) is 12.9. The Morgan fingerprint density at radius 2 is 0.747 bits per heavy atom. The zero-order chi connectivity index (χ0) is 57.0. The average molecular weight is 1070 g/mol. The van der Waals surface area contributed by atoms with Crippen molar-refractivity contribution in [1.29, 1.82) is 0 Å². The second-order valence-corrected chi connectivity index (χ2v) is 20.5. The predicted octanol–water partition coefficient (Wildman–Crippen LogP) is 12.6. The van der Waals surface area contributed by atoms with Gasteiger partial charge in [0.15, 0.2) is 19.8 Å². The van der Waals surface area contributed by atoms with E-state index in [2.05, 4.69) is 0 Å². The van der Waals surface area contributed by atoms with Crippen LogP contribution in [0.3, 0.4) is 0 Å². The van der Waals surface area contributed by atoms with Crippen LogP contribution in [0.25, 0.3) is 11.1 Å². The first-order chi connectivity index (χ1) is 37.6. The van der Waals surface area contributed by atoms with Crippen molar-refractivity contribution in [2.24, 2.45) is 0 Å². The van der Waals surface area contributed by atoms with Gasteiger partial charge in [-0.25, -0.2) is 14.4 Å². The van der Waals surface area contributed by atoms with Crippen LogP contribution < -0.4 is 14.2 Å². The predicted molar refractivity (Wildman–Crippen MR) is 302 cm³/mol. The molecule has 0 saturated carbocycles. The second kappa shape index (κ2) is 23.6. The lowest BCUT2D eigenvalue weighted by molar-refractivity contribution is -0.140. The fourth-order valence-electron chi connectivity index (χ4n) is 10.5. The van der Waals surface area contributed by atoms with Gasteiger partial charge in [0.25, 0.3) is 0 Å². The minimum atomic E-state index is -1.18. The summed E-state index contributed by atoms with van der Waals surface area (Å²) in [7, 11) is 0. The Labute approximate surface area is 459 Å². The first-order valence-corrected chi connectivity index (χ1v) is 25.8. The van der Waals surface area contributed by atoms with Crippen LogP contribution in [0, 0.1) is 55.4 Å². The molecule has 0 spiro atoms. The van der Waals surface area contributed by atoms with E-state index in [9.17, 15) is 50.1 Å². The van der Waals surface area contributed by atoms with Crippen LogP contribution >= 0.6 is 0 Å². The van der Waals surface area contributed by atoms with E-state index in [1.54, 1.807) is 50.2 Å². The number of phenolic OH excluding ortho intramolecular Hbond substituents is 4. The van der Waals surface area contributed by atoms with E-state index in [0.717, 1.165) is 66.8 Å². The van der Waals surface area contributed by atoms with E-state index < -0.39 is 49.6 Å². The Hall–Kier alpha value is -9.23. The van der Waals surface area contributed by atoms with Crippen molar-refractivity contribution in [3.05, 3.63) is 228 Å². The molecule has 0 aromatic heterocycles. The number of aromatic hydroxyl groups is 4. The lowest BCUT2D eigenvalue weighted by atomic mass is 9.78. The number of hydrogen-bond donors (Lipinski definition) is 7. The standard InChI is InChI=1S/C66H64O13/c1-35-22-55(67)39(5)18-48(35)64(49-19-40(6)56(68)23-36(49)2)53-29-43(14-16-59(53)77-32-61(71)72)26-45-28-47(66(79-34-63(75)76)52(31-45)46-12-10-9-11-13-46)27-44-15-17-60(78-33-62(73)74)54(30-44)65(50-20-41(7)57(69)24-37(50)3)51-21-42(8)58(70)25-38(51)4/h9-25,28-31,64-65,67-70H,26-27,32-34H2,1-8H3,(H,71,72)(H,73,74)(H,75,76). The molecular formula is C66H64O13. The van der Waals surface area contributed by atoms with Gasteiger partial charge < -0.3 is 50.0 Å². The first-order valence-electron chi connectivity index (χ1n) is 25.8. The molecule has 0 atom stereocenters. The van der Waals surface area contributed by atoms with Gasteiger partial charge in [-0.05, 0) is 199 Å². The molecule has 0 unspecified atom stereocenters. The van der Waals surface area contributed by atoms with E-state index in [0.29, 0.717) is 68.2 Å². The third-order valence-corrected chi connectivity index (χ3v) is 14.5. The Bertz CT molecular complexity index is 3540. The third kappa shape index (κ3) is 12.6. The maximum absolute atomic E-state index is 12.3. The molecule has 0 bridgehead atoms. The quantitative estimate of drug-likeness (QED) is 0.0354. The molecule has 406 valence electrons. The van der Waals surface area contributed by atoms with Gasteiger partial charge in [0.05, 0.1) is 0 Å². The summed E-state index contributed by atoms with van der Waals surface area (Å²) < 4.78 is 18.4. The molecule has 13 nitrogen and oxygen atoms in total. The molecule has 7 N–H and O–H groups in total. The molecule has 13 heteroatoms. The van der Waals surface area contributed by atoms with Gasteiger partial charge in [-0.15, -0.1) is 0 Å². The topological polar surface area (TPSA) is 221 Å². The van der Waals surface area contributed by atoms with Gasteiger partial charge in [0.2, 0.25) is 0 Å². The number of phenols is 4.